The van der Waals surface area contributed by atoms with E-state index in [1.54, 1.807) is 31.2 Å². The largest absolute Gasteiger partial charge is 0.462 e. The van der Waals surface area contributed by atoms with Gasteiger partial charge in [0.05, 0.1) is 36.8 Å². The molecule has 11 nitrogen and oxygen atoms in total. The topological polar surface area (TPSA) is 145 Å². The Hall–Kier alpha value is -3.70. The molecule has 1 amide bonds. The number of carbonyl (C=O) groups is 4. The van der Waals surface area contributed by atoms with Crippen LogP contribution in [0.1, 0.15) is 31.1 Å². The van der Waals surface area contributed by atoms with Gasteiger partial charge in [0.1, 0.15) is 11.6 Å². The molecule has 198 valence electrons. The number of alkyl halides is 1. The Balaban J connectivity index is 2.60. The maximum Gasteiger partial charge on any atom is 0.369 e. The lowest BCUT2D eigenvalue weighted by atomic mass is 10.1. The number of ether oxygens (including phenoxy) is 3. The third kappa shape index (κ3) is 7.64. The zero-order valence-corrected chi connectivity index (χ0v) is 21.9. The first kappa shape index (κ1) is 29.5. The highest BCUT2D eigenvalue weighted by molar-refractivity contribution is 6.31. The molecule has 0 heterocycles. The van der Waals surface area contributed by atoms with Crippen molar-refractivity contribution in [2.75, 3.05) is 31.0 Å². The number of nitrogens with zero attached hydrogens (tertiary/aromatic N) is 2. The number of esters is 3. The summed E-state index contributed by atoms with van der Waals surface area (Å²) in [5.74, 6) is -4.45. The van der Waals surface area contributed by atoms with Crippen LogP contribution in [0.2, 0.25) is 5.02 Å². The molecule has 0 aliphatic carbocycles. The van der Waals surface area contributed by atoms with Crippen LogP contribution in [-0.4, -0.2) is 55.2 Å². The van der Waals surface area contributed by atoms with E-state index in [1.807, 2.05) is 0 Å². The van der Waals surface area contributed by atoms with E-state index in [0.717, 1.165) is 0 Å². The van der Waals surface area contributed by atoms with Crippen LogP contribution in [0.4, 0.5) is 17.1 Å². The van der Waals surface area contributed by atoms with E-state index < -0.39 is 35.4 Å². The lowest BCUT2D eigenvalue weighted by molar-refractivity contribution is -0.167. The molecule has 0 aliphatic heterocycles. The normalized spacial score (nSPS) is 11.1. The first-order chi connectivity index (χ1) is 17.7. The summed E-state index contributed by atoms with van der Waals surface area (Å²) in [5, 5.41) is 13.4. The van der Waals surface area contributed by atoms with Gasteiger partial charge in [-0.05, 0) is 51.1 Å². The molecule has 0 unspecified atom stereocenters. The van der Waals surface area contributed by atoms with Crippen molar-refractivity contribution < 1.29 is 33.4 Å². The predicted octanol–water partition coefficient (Wildman–Crippen LogP) is 4.52. The summed E-state index contributed by atoms with van der Waals surface area (Å²) >= 11 is 11.8. The number of carbonyl (C=O) groups excluding carboxylic acids is 4. The smallest absolute Gasteiger partial charge is 0.369 e. The number of hydrogen-bond acceptors (Lipinski definition) is 10. The van der Waals surface area contributed by atoms with Gasteiger partial charge in [-0.2, -0.15) is 5.11 Å². The van der Waals surface area contributed by atoms with Crippen LogP contribution < -0.4 is 10.6 Å². The Kier molecular flexibility index (Phi) is 11.3. The number of benzene rings is 2. The Bertz CT molecular complexity index is 1160. The third-order valence-corrected chi connectivity index (χ3v) is 5.02. The number of anilines is 2. The Morgan fingerprint density at radius 2 is 1.51 bits per heavy atom. The summed E-state index contributed by atoms with van der Waals surface area (Å²) in [6, 6.07) is 11.0. The Morgan fingerprint density at radius 3 is 2.11 bits per heavy atom. The van der Waals surface area contributed by atoms with E-state index in [1.165, 1.54) is 32.0 Å². The maximum atomic E-state index is 12.8. The summed E-state index contributed by atoms with van der Waals surface area (Å²) in [4.78, 5) is 50.2. The molecule has 0 spiro atoms. The van der Waals surface area contributed by atoms with Crippen LogP contribution in [0.5, 0.6) is 0 Å². The van der Waals surface area contributed by atoms with Gasteiger partial charge in [0, 0.05) is 5.02 Å². The number of azo groups is 1. The van der Waals surface area contributed by atoms with Gasteiger partial charge in [0.25, 0.3) is 0 Å². The molecule has 0 bridgehead atoms. The number of nitrogens with one attached hydrogen (secondary N) is 2. The minimum atomic E-state index is -2.66. The molecular weight excluding hydrogens is 527 g/mol. The zero-order valence-electron chi connectivity index (χ0n) is 20.4. The minimum absolute atomic E-state index is 0.0983. The quantitative estimate of drug-likeness (QED) is 0.128. The molecule has 0 saturated carbocycles. The van der Waals surface area contributed by atoms with E-state index >= 15 is 0 Å². The summed E-state index contributed by atoms with van der Waals surface area (Å²) in [6.45, 7) is 4.65. The SMILES string of the molecule is CCOC(=O)c1ccccc1Nc1cc(Cl)ccc1N=NC(NC(=O)CCl)(C(=O)OCC)C(=O)OCC. The van der Waals surface area contributed by atoms with Crippen LogP contribution in [0, 0.1) is 0 Å². The van der Waals surface area contributed by atoms with E-state index in [4.69, 9.17) is 37.4 Å². The highest BCUT2D eigenvalue weighted by atomic mass is 35.5. The molecule has 37 heavy (non-hydrogen) atoms. The number of hydrogen-bond donors (Lipinski definition) is 2. The number of amides is 1. The van der Waals surface area contributed by atoms with E-state index in [9.17, 15) is 19.2 Å². The average molecular weight is 553 g/mol. The second-order valence-corrected chi connectivity index (χ2v) is 7.79. The molecule has 2 N–H and O–H groups in total. The van der Waals surface area contributed by atoms with Crippen LogP contribution in [0.25, 0.3) is 0 Å². The Morgan fingerprint density at radius 1 is 0.892 bits per heavy atom. The number of rotatable bonds is 12. The first-order valence-corrected chi connectivity index (χ1v) is 12.1. The summed E-state index contributed by atoms with van der Waals surface area (Å²) in [7, 11) is 0. The van der Waals surface area contributed by atoms with Crippen LogP contribution in [-0.2, 0) is 28.6 Å². The highest BCUT2D eigenvalue weighted by Crippen LogP contribution is 2.33. The van der Waals surface area contributed by atoms with E-state index in [0.29, 0.717) is 10.7 Å². The second kappa shape index (κ2) is 14.1. The standard InChI is InChI=1S/C24H26Cl2N4O7/c1-4-35-21(32)16-9-7-8-10-17(16)27-19-13-15(26)11-12-18(19)29-30-24(22(33)36-5-2,23(34)37-6-3)28-20(31)14-25/h7-13,27H,4-6,14H2,1-3H3,(H,28,31). The van der Waals surface area contributed by atoms with Crippen LogP contribution >= 0.6 is 23.2 Å². The fourth-order valence-corrected chi connectivity index (χ4v) is 3.19. The molecule has 0 aromatic heterocycles. The van der Waals surface area contributed by atoms with Crippen molar-refractivity contribution in [2.24, 2.45) is 10.2 Å². The fourth-order valence-electron chi connectivity index (χ4n) is 2.95. The molecule has 0 aliphatic rings. The Labute approximate surface area is 223 Å². The molecule has 2 aromatic rings. The van der Waals surface area contributed by atoms with Gasteiger partial charge in [0.15, 0.2) is 0 Å². The zero-order chi connectivity index (χ0) is 27.4. The van der Waals surface area contributed by atoms with Gasteiger partial charge in [-0.15, -0.1) is 16.7 Å². The van der Waals surface area contributed by atoms with Gasteiger partial charge in [0.2, 0.25) is 5.91 Å². The lowest BCUT2D eigenvalue weighted by Crippen LogP contribution is -2.60. The molecule has 2 rings (SSSR count). The maximum absolute atomic E-state index is 12.8. The van der Waals surface area contributed by atoms with Crippen molar-refractivity contribution in [2.45, 2.75) is 26.4 Å². The van der Waals surface area contributed by atoms with Crippen molar-refractivity contribution >= 4 is 64.1 Å². The van der Waals surface area contributed by atoms with E-state index in [-0.39, 0.29) is 36.8 Å². The number of halogens is 2. The minimum Gasteiger partial charge on any atom is -0.462 e. The summed E-state index contributed by atoms with van der Waals surface area (Å²) < 4.78 is 15.1. The second-order valence-electron chi connectivity index (χ2n) is 7.09. The highest BCUT2D eigenvalue weighted by Gasteiger charge is 2.52. The third-order valence-electron chi connectivity index (χ3n) is 4.54. The predicted molar refractivity (Wildman–Crippen MR) is 137 cm³/mol. The van der Waals surface area contributed by atoms with Crippen molar-refractivity contribution in [1.82, 2.24) is 5.32 Å². The van der Waals surface area contributed by atoms with Gasteiger partial charge in [-0.3, -0.25) is 4.79 Å². The fraction of sp³-hybridized carbons (Fsp3) is 0.333. The monoisotopic (exact) mass is 552 g/mol. The lowest BCUT2D eigenvalue weighted by Gasteiger charge is -2.24. The van der Waals surface area contributed by atoms with Crippen LogP contribution in [0.15, 0.2) is 52.7 Å². The van der Waals surface area contributed by atoms with Crippen molar-refractivity contribution in [1.29, 1.82) is 0 Å². The van der Waals surface area contributed by atoms with Gasteiger partial charge < -0.3 is 24.8 Å². The van der Waals surface area contributed by atoms with Gasteiger partial charge in [-0.1, -0.05) is 23.7 Å². The average Bonchev–Trinajstić information content (AvgIpc) is 2.88. The summed E-state index contributed by atoms with van der Waals surface area (Å²) in [6.07, 6.45) is 0. The molecule has 2 aromatic carbocycles. The summed E-state index contributed by atoms with van der Waals surface area (Å²) in [5.41, 5.74) is -1.68. The van der Waals surface area contributed by atoms with Gasteiger partial charge >= 0.3 is 23.6 Å². The first-order valence-electron chi connectivity index (χ1n) is 11.2. The molecule has 13 heteroatoms. The molecule has 0 radical (unpaired) electrons. The molecule has 0 atom stereocenters. The van der Waals surface area contributed by atoms with Gasteiger partial charge in [-0.25, -0.2) is 14.4 Å². The van der Waals surface area contributed by atoms with Crippen molar-refractivity contribution in [3.63, 3.8) is 0 Å². The van der Waals surface area contributed by atoms with Crippen LogP contribution in [0.3, 0.4) is 0 Å². The molecule has 0 fully saturated rings. The molecule has 0 saturated heterocycles. The number of para-hydroxylation sites is 1. The van der Waals surface area contributed by atoms with Crippen molar-refractivity contribution in [3.8, 4) is 0 Å². The van der Waals surface area contributed by atoms with Crippen molar-refractivity contribution in [3.05, 3.63) is 53.1 Å². The van der Waals surface area contributed by atoms with E-state index in [2.05, 4.69) is 20.9 Å². The molecular formula is C24H26Cl2N4O7.